The molecule has 3 saturated heterocycles. The number of halogens is 1. The van der Waals surface area contributed by atoms with Gasteiger partial charge in [-0.3, -0.25) is 19.5 Å². The highest BCUT2D eigenvalue weighted by molar-refractivity contribution is 6.30. The Labute approximate surface area is 256 Å². The monoisotopic (exact) mass is 594 g/mol. The fourth-order valence-electron chi connectivity index (χ4n) is 7.17. The second kappa shape index (κ2) is 12.4. The van der Waals surface area contributed by atoms with Crippen molar-refractivity contribution in [3.05, 3.63) is 124 Å². The Hall–Kier alpha value is -3.84. The van der Waals surface area contributed by atoms with Crippen LogP contribution >= 0.6 is 11.6 Å². The van der Waals surface area contributed by atoms with Crippen molar-refractivity contribution < 1.29 is 19.8 Å². The molecule has 8 rings (SSSR count). The molecule has 1 aromatic heterocycles. The van der Waals surface area contributed by atoms with Gasteiger partial charge in [-0.1, -0.05) is 54.1 Å². The van der Waals surface area contributed by atoms with Gasteiger partial charge in [-0.2, -0.15) is 0 Å². The first kappa shape index (κ1) is 29.2. The van der Waals surface area contributed by atoms with Crippen molar-refractivity contribution in [1.82, 2.24) is 9.88 Å². The lowest BCUT2D eigenvalue weighted by molar-refractivity contribution is -0.138. The molecule has 4 aliphatic rings. The number of hydrogen-bond acceptors (Lipinski definition) is 5. The Kier molecular flexibility index (Phi) is 8.44. The average Bonchev–Trinajstić information content (AvgIpc) is 3.50. The summed E-state index contributed by atoms with van der Waals surface area (Å²) in [5.41, 5.74) is 4.76. The molecule has 3 fully saturated rings. The van der Waals surface area contributed by atoms with Crippen molar-refractivity contribution in [2.75, 3.05) is 13.1 Å². The predicted molar refractivity (Wildman–Crippen MR) is 168 cm³/mol. The molecule has 43 heavy (non-hydrogen) atoms. The maximum atomic E-state index is 12.6. The Morgan fingerprint density at radius 1 is 1.02 bits per heavy atom. The normalized spacial score (nSPS) is 24.5. The quantitative estimate of drug-likeness (QED) is 0.187. The number of carboxylic acid groups (broad SMARTS) is 1. The molecule has 0 saturated carbocycles. The summed E-state index contributed by atoms with van der Waals surface area (Å²) < 4.78 is 0. The zero-order valence-electron chi connectivity index (χ0n) is 23.9. The van der Waals surface area contributed by atoms with Gasteiger partial charge in [0.25, 0.3) is 0 Å². The molecule has 2 N–H and O–H groups in total. The van der Waals surface area contributed by atoms with Gasteiger partial charge in [-0.05, 0) is 97.2 Å². The largest absolute Gasteiger partial charge is 0.481 e. The highest BCUT2D eigenvalue weighted by Gasteiger charge is 2.42. The SMILES string of the molecule is C=C[C@H]1CN2CC[C@H]1C[C@@H]2[C@@H](O)c1ccnc2ccccc12.O=C(c1ccc(Cl)cc1)c1cccc2c1CCC2C(=O)O. The summed E-state index contributed by atoms with van der Waals surface area (Å²) >= 11 is 5.83. The molecule has 7 heteroatoms. The predicted octanol–water partition coefficient (Wildman–Crippen LogP) is 6.85. The Bertz CT molecular complexity index is 1660. The van der Waals surface area contributed by atoms with Crippen LogP contribution < -0.4 is 0 Å². The lowest BCUT2D eigenvalue weighted by Crippen LogP contribution is -2.54. The van der Waals surface area contributed by atoms with Gasteiger partial charge in [0.2, 0.25) is 0 Å². The number of aliphatic hydroxyl groups is 1. The summed E-state index contributed by atoms with van der Waals surface area (Å²) in [6.07, 6.45) is 6.94. The number of para-hydroxylation sites is 1. The number of aromatic nitrogens is 1. The Balaban J connectivity index is 0.000000153. The lowest BCUT2D eigenvalue weighted by Gasteiger charge is -2.50. The molecular formula is C36H35ClN2O4. The highest BCUT2D eigenvalue weighted by Crippen LogP contribution is 2.42. The van der Waals surface area contributed by atoms with Crippen LogP contribution in [0.1, 0.15) is 63.9 Å². The number of benzene rings is 3. The summed E-state index contributed by atoms with van der Waals surface area (Å²) in [7, 11) is 0. The zero-order chi connectivity index (χ0) is 30.1. The van der Waals surface area contributed by atoms with Crippen LogP contribution in [0, 0.1) is 11.8 Å². The number of pyridine rings is 1. The minimum absolute atomic E-state index is 0.0884. The van der Waals surface area contributed by atoms with E-state index in [1.165, 1.54) is 6.42 Å². The van der Waals surface area contributed by atoms with Crippen molar-refractivity contribution in [3.63, 3.8) is 0 Å². The van der Waals surface area contributed by atoms with Crippen LogP contribution in [0.15, 0.2) is 91.6 Å². The van der Waals surface area contributed by atoms with E-state index in [4.69, 9.17) is 11.6 Å². The van der Waals surface area contributed by atoms with Gasteiger partial charge in [-0.25, -0.2) is 0 Å². The van der Waals surface area contributed by atoms with Gasteiger partial charge >= 0.3 is 5.97 Å². The van der Waals surface area contributed by atoms with Crippen LogP contribution in [0.5, 0.6) is 0 Å². The van der Waals surface area contributed by atoms with E-state index in [0.717, 1.165) is 47.1 Å². The minimum Gasteiger partial charge on any atom is -0.481 e. The third kappa shape index (κ3) is 5.75. The van der Waals surface area contributed by atoms with E-state index in [9.17, 15) is 19.8 Å². The first-order chi connectivity index (χ1) is 20.9. The molecule has 2 bridgehead atoms. The number of hydrogen-bond donors (Lipinski definition) is 2. The van der Waals surface area contributed by atoms with Crippen LogP contribution in [0.2, 0.25) is 5.02 Å². The van der Waals surface area contributed by atoms with E-state index in [1.54, 1.807) is 42.5 Å². The molecule has 6 nitrogen and oxygen atoms in total. The summed E-state index contributed by atoms with van der Waals surface area (Å²) in [4.78, 5) is 30.7. The molecule has 3 aromatic carbocycles. The molecule has 3 aliphatic heterocycles. The third-order valence-corrected chi connectivity index (χ3v) is 9.69. The van der Waals surface area contributed by atoms with E-state index in [0.29, 0.717) is 40.8 Å². The fraction of sp³-hybridized carbons (Fsp3) is 0.306. The van der Waals surface area contributed by atoms with Crippen molar-refractivity contribution in [2.24, 2.45) is 11.8 Å². The number of rotatable bonds is 6. The second-order valence-electron chi connectivity index (χ2n) is 11.7. The summed E-state index contributed by atoms with van der Waals surface area (Å²) in [6.45, 7) is 6.11. The third-order valence-electron chi connectivity index (χ3n) is 9.44. The van der Waals surface area contributed by atoms with E-state index in [2.05, 4.69) is 28.6 Å². The fourth-order valence-corrected chi connectivity index (χ4v) is 7.30. The van der Waals surface area contributed by atoms with Crippen molar-refractivity contribution in [1.29, 1.82) is 0 Å². The van der Waals surface area contributed by atoms with Crippen molar-refractivity contribution in [2.45, 2.75) is 43.7 Å². The first-order valence-electron chi connectivity index (χ1n) is 14.9. The van der Waals surface area contributed by atoms with Crippen LogP contribution in [0.3, 0.4) is 0 Å². The van der Waals surface area contributed by atoms with Gasteiger partial charge in [0.05, 0.1) is 17.5 Å². The number of aliphatic carboxylic acids is 1. The van der Waals surface area contributed by atoms with E-state index in [-0.39, 0.29) is 11.8 Å². The van der Waals surface area contributed by atoms with E-state index in [1.807, 2.05) is 30.5 Å². The van der Waals surface area contributed by atoms with Gasteiger partial charge in [0.15, 0.2) is 5.78 Å². The summed E-state index contributed by atoms with van der Waals surface area (Å²) in [5.74, 6) is -0.154. The molecule has 1 aliphatic carbocycles. The Morgan fingerprint density at radius 2 is 1.81 bits per heavy atom. The minimum atomic E-state index is -0.829. The maximum Gasteiger partial charge on any atom is 0.310 e. The molecule has 4 aromatic rings. The van der Waals surface area contributed by atoms with E-state index < -0.39 is 18.0 Å². The number of fused-ring (bicyclic) bond motifs is 5. The van der Waals surface area contributed by atoms with Gasteiger partial charge in [0.1, 0.15) is 0 Å². The topological polar surface area (TPSA) is 90.7 Å². The molecular weight excluding hydrogens is 560 g/mol. The van der Waals surface area contributed by atoms with Crippen LogP contribution in [-0.4, -0.2) is 51.0 Å². The van der Waals surface area contributed by atoms with Crippen molar-refractivity contribution in [3.8, 4) is 0 Å². The number of carbonyl (C=O) groups excluding carboxylic acids is 1. The number of nitrogens with zero attached hydrogens (tertiary/aromatic N) is 2. The standard InChI is InChI=1S/C19H22N2O.C17H13ClO3/c1-2-13-12-21-10-8-14(13)11-18(21)19(22)16-7-9-20-17-6-4-3-5-15(16)17;18-11-6-4-10(5-7-11)16(19)14-3-1-2-12-13(14)8-9-15(12)17(20)21/h2-7,9,13-14,18-19,22H,1,8,10-12H2;1-7,15H,8-9H2,(H,20,21)/t13-,14-,18+,19-;/m0./s1. The van der Waals surface area contributed by atoms with Crippen LogP contribution in [-0.2, 0) is 11.2 Å². The number of ketones is 1. The first-order valence-corrected chi connectivity index (χ1v) is 15.3. The maximum absolute atomic E-state index is 12.6. The molecule has 6 atom stereocenters. The van der Waals surface area contributed by atoms with Gasteiger partial charge < -0.3 is 10.2 Å². The summed E-state index contributed by atoms with van der Waals surface area (Å²) in [6, 6.07) is 22.3. The smallest absolute Gasteiger partial charge is 0.310 e. The van der Waals surface area contributed by atoms with Crippen molar-refractivity contribution >= 4 is 34.3 Å². The van der Waals surface area contributed by atoms with E-state index >= 15 is 0 Å². The number of carbonyl (C=O) groups is 2. The molecule has 220 valence electrons. The van der Waals surface area contributed by atoms with Crippen LogP contribution in [0.25, 0.3) is 10.9 Å². The average molecular weight is 595 g/mol. The lowest BCUT2D eigenvalue weighted by atomic mass is 9.73. The highest BCUT2D eigenvalue weighted by atomic mass is 35.5. The van der Waals surface area contributed by atoms with Gasteiger partial charge in [-0.15, -0.1) is 6.58 Å². The molecule has 0 spiro atoms. The molecule has 0 radical (unpaired) electrons. The molecule has 2 unspecified atom stereocenters. The number of piperidine rings is 3. The number of carboxylic acids is 1. The van der Waals surface area contributed by atoms with Crippen LogP contribution in [0.4, 0.5) is 0 Å². The second-order valence-corrected chi connectivity index (χ2v) is 12.2. The van der Waals surface area contributed by atoms with Gasteiger partial charge in [0, 0.05) is 40.3 Å². The summed E-state index contributed by atoms with van der Waals surface area (Å²) in [5, 5.41) is 21.9. The zero-order valence-corrected chi connectivity index (χ0v) is 24.7. The Morgan fingerprint density at radius 3 is 2.53 bits per heavy atom. The number of aliphatic hydroxyl groups excluding tert-OH is 1. The molecule has 4 heterocycles. The molecule has 0 amide bonds.